The molecule has 2 aromatic rings. The summed E-state index contributed by atoms with van der Waals surface area (Å²) in [6.07, 6.45) is 2.37. The Bertz CT molecular complexity index is 743. The number of hydrogen-bond acceptors (Lipinski definition) is 4. The quantitative estimate of drug-likeness (QED) is 0.841. The second kappa shape index (κ2) is 7.74. The number of piperazine rings is 1. The summed E-state index contributed by atoms with van der Waals surface area (Å²) in [4.78, 5) is 30.7. The lowest BCUT2D eigenvalue weighted by Crippen LogP contribution is -2.48. The molecular formula is C18H19FN4O2. The first-order valence-corrected chi connectivity index (χ1v) is 8.09. The molecule has 1 aromatic heterocycles. The van der Waals surface area contributed by atoms with Crippen molar-refractivity contribution in [2.75, 3.05) is 31.5 Å². The van der Waals surface area contributed by atoms with Crippen molar-refractivity contribution in [3.8, 4) is 0 Å². The topological polar surface area (TPSA) is 65.5 Å². The molecule has 0 saturated carbocycles. The van der Waals surface area contributed by atoms with Crippen molar-refractivity contribution in [1.29, 1.82) is 0 Å². The van der Waals surface area contributed by atoms with Gasteiger partial charge in [-0.3, -0.25) is 9.59 Å². The Morgan fingerprint density at radius 2 is 1.92 bits per heavy atom. The third-order valence-corrected chi connectivity index (χ3v) is 4.17. The standard InChI is InChI=1S/C18H19FN4O2/c19-16-4-2-1-3-14(16)11-20-15-5-6-17(21-12-15)18(25)23-9-7-22(13-24)8-10-23/h1-6,12-13,20H,7-11H2. The monoisotopic (exact) mass is 342 g/mol. The van der Waals surface area contributed by atoms with E-state index >= 15 is 0 Å². The maximum atomic E-state index is 13.6. The molecule has 25 heavy (non-hydrogen) atoms. The van der Waals surface area contributed by atoms with E-state index < -0.39 is 0 Å². The normalized spacial score (nSPS) is 14.3. The van der Waals surface area contributed by atoms with E-state index in [1.807, 2.05) is 0 Å². The van der Waals surface area contributed by atoms with Gasteiger partial charge in [-0.25, -0.2) is 9.37 Å². The number of nitrogens with one attached hydrogen (secondary N) is 1. The van der Waals surface area contributed by atoms with E-state index in [9.17, 15) is 14.0 Å². The van der Waals surface area contributed by atoms with E-state index in [2.05, 4.69) is 10.3 Å². The van der Waals surface area contributed by atoms with Gasteiger partial charge < -0.3 is 15.1 Å². The van der Waals surface area contributed by atoms with Gasteiger partial charge in [0.1, 0.15) is 11.5 Å². The van der Waals surface area contributed by atoms with Gasteiger partial charge in [0, 0.05) is 38.3 Å². The van der Waals surface area contributed by atoms with Crippen LogP contribution in [0.15, 0.2) is 42.6 Å². The first-order chi connectivity index (χ1) is 12.2. The minimum Gasteiger partial charge on any atom is -0.380 e. The number of amides is 2. The SMILES string of the molecule is O=CN1CCN(C(=O)c2ccc(NCc3ccccc3F)cn2)CC1. The zero-order valence-electron chi connectivity index (χ0n) is 13.7. The predicted molar refractivity (Wildman–Crippen MR) is 91.5 cm³/mol. The van der Waals surface area contributed by atoms with Crippen LogP contribution in [-0.4, -0.2) is 53.3 Å². The molecule has 6 nitrogen and oxygen atoms in total. The van der Waals surface area contributed by atoms with Gasteiger partial charge in [-0.05, 0) is 18.2 Å². The molecule has 1 fully saturated rings. The van der Waals surface area contributed by atoms with Crippen LogP contribution < -0.4 is 5.32 Å². The average molecular weight is 342 g/mol. The number of pyridine rings is 1. The molecule has 1 aromatic carbocycles. The van der Waals surface area contributed by atoms with Crippen LogP contribution in [0.5, 0.6) is 0 Å². The lowest BCUT2D eigenvalue weighted by atomic mass is 10.2. The molecule has 130 valence electrons. The molecule has 1 saturated heterocycles. The molecule has 3 rings (SSSR count). The predicted octanol–water partition coefficient (Wildman–Crippen LogP) is 1.75. The van der Waals surface area contributed by atoms with Gasteiger partial charge in [-0.1, -0.05) is 18.2 Å². The maximum absolute atomic E-state index is 13.6. The Labute approximate surface area is 145 Å². The molecule has 2 amide bonds. The van der Waals surface area contributed by atoms with Gasteiger partial charge in [0.15, 0.2) is 0 Å². The van der Waals surface area contributed by atoms with E-state index in [0.717, 1.165) is 6.41 Å². The Morgan fingerprint density at radius 1 is 1.16 bits per heavy atom. The lowest BCUT2D eigenvalue weighted by molar-refractivity contribution is -0.119. The highest BCUT2D eigenvalue weighted by Gasteiger charge is 2.22. The van der Waals surface area contributed by atoms with Crippen molar-refractivity contribution in [3.05, 3.63) is 59.7 Å². The lowest BCUT2D eigenvalue weighted by Gasteiger charge is -2.32. The zero-order chi connectivity index (χ0) is 17.6. The van der Waals surface area contributed by atoms with Gasteiger partial charge in [0.2, 0.25) is 6.41 Å². The Hall–Kier alpha value is -2.96. The first kappa shape index (κ1) is 16.9. The smallest absolute Gasteiger partial charge is 0.272 e. The fourth-order valence-electron chi connectivity index (χ4n) is 2.66. The highest BCUT2D eigenvalue weighted by molar-refractivity contribution is 5.92. The molecule has 1 aliphatic rings. The number of anilines is 1. The molecule has 1 aliphatic heterocycles. The molecule has 0 bridgehead atoms. The fourth-order valence-corrected chi connectivity index (χ4v) is 2.66. The number of carbonyl (C=O) groups excluding carboxylic acids is 2. The zero-order valence-corrected chi connectivity index (χ0v) is 13.7. The van der Waals surface area contributed by atoms with E-state index in [-0.39, 0.29) is 11.7 Å². The summed E-state index contributed by atoms with van der Waals surface area (Å²) < 4.78 is 13.6. The third kappa shape index (κ3) is 4.12. The second-order valence-electron chi connectivity index (χ2n) is 5.81. The van der Waals surface area contributed by atoms with Crippen molar-refractivity contribution in [1.82, 2.24) is 14.8 Å². The minimum absolute atomic E-state index is 0.147. The van der Waals surface area contributed by atoms with Crippen molar-refractivity contribution in [2.45, 2.75) is 6.54 Å². The minimum atomic E-state index is -0.260. The summed E-state index contributed by atoms with van der Waals surface area (Å²) >= 11 is 0. The Balaban J connectivity index is 1.57. The van der Waals surface area contributed by atoms with Crippen LogP contribution in [0.3, 0.4) is 0 Å². The number of hydrogen-bond donors (Lipinski definition) is 1. The van der Waals surface area contributed by atoms with E-state index in [0.29, 0.717) is 49.7 Å². The van der Waals surface area contributed by atoms with Crippen molar-refractivity contribution in [2.24, 2.45) is 0 Å². The van der Waals surface area contributed by atoms with Crippen LogP contribution in [0.2, 0.25) is 0 Å². The molecular weight excluding hydrogens is 323 g/mol. The summed E-state index contributed by atoms with van der Waals surface area (Å²) in [5.41, 5.74) is 1.64. The van der Waals surface area contributed by atoms with Crippen LogP contribution in [0.4, 0.5) is 10.1 Å². The Morgan fingerprint density at radius 3 is 2.56 bits per heavy atom. The Kier molecular flexibility index (Phi) is 5.23. The maximum Gasteiger partial charge on any atom is 0.272 e. The number of benzene rings is 1. The van der Waals surface area contributed by atoms with Gasteiger partial charge in [-0.2, -0.15) is 0 Å². The third-order valence-electron chi connectivity index (χ3n) is 4.17. The van der Waals surface area contributed by atoms with Gasteiger partial charge in [0.25, 0.3) is 5.91 Å². The molecule has 0 atom stereocenters. The highest BCUT2D eigenvalue weighted by atomic mass is 19.1. The van der Waals surface area contributed by atoms with Crippen LogP contribution in [0.25, 0.3) is 0 Å². The van der Waals surface area contributed by atoms with Crippen LogP contribution in [0.1, 0.15) is 16.1 Å². The summed E-state index contributed by atoms with van der Waals surface area (Å²) in [7, 11) is 0. The van der Waals surface area contributed by atoms with Gasteiger partial charge in [0.05, 0.1) is 11.9 Å². The van der Waals surface area contributed by atoms with Gasteiger partial charge >= 0.3 is 0 Å². The first-order valence-electron chi connectivity index (χ1n) is 8.09. The number of nitrogens with zero attached hydrogens (tertiary/aromatic N) is 3. The fraction of sp³-hybridized carbons (Fsp3) is 0.278. The molecule has 0 spiro atoms. The summed E-state index contributed by atoms with van der Waals surface area (Å²) in [6.45, 7) is 2.43. The van der Waals surface area contributed by atoms with E-state index in [1.54, 1.807) is 46.3 Å². The molecule has 0 radical (unpaired) electrons. The van der Waals surface area contributed by atoms with Crippen LogP contribution >= 0.6 is 0 Å². The van der Waals surface area contributed by atoms with Crippen molar-refractivity contribution < 1.29 is 14.0 Å². The van der Waals surface area contributed by atoms with Crippen molar-refractivity contribution in [3.63, 3.8) is 0 Å². The number of rotatable bonds is 5. The second-order valence-corrected chi connectivity index (χ2v) is 5.81. The highest BCUT2D eigenvalue weighted by Crippen LogP contribution is 2.13. The van der Waals surface area contributed by atoms with E-state index in [1.165, 1.54) is 6.07 Å². The molecule has 1 N–H and O–H groups in total. The average Bonchev–Trinajstić information content (AvgIpc) is 2.67. The molecule has 0 aliphatic carbocycles. The molecule has 7 heteroatoms. The molecule has 0 unspecified atom stereocenters. The number of aromatic nitrogens is 1. The van der Waals surface area contributed by atoms with Crippen LogP contribution in [-0.2, 0) is 11.3 Å². The van der Waals surface area contributed by atoms with E-state index in [4.69, 9.17) is 0 Å². The van der Waals surface area contributed by atoms with Gasteiger partial charge in [-0.15, -0.1) is 0 Å². The summed E-state index contributed by atoms with van der Waals surface area (Å²) in [6, 6.07) is 9.97. The largest absolute Gasteiger partial charge is 0.380 e. The number of halogens is 1. The van der Waals surface area contributed by atoms with Crippen LogP contribution in [0, 0.1) is 5.82 Å². The number of carbonyl (C=O) groups is 2. The summed E-state index contributed by atoms with van der Waals surface area (Å²) in [5, 5.41) is 3.09. The summed E-state index contributed by atoms with van der Waals surface area (Å²) in [5.74, 6) is -0.407. The molecule has 2 heterocycles. The van der Waals surface area contributed by atoms with Crippen molar-refractivity contribution >= 4 is 18.0 Å².